The van der Waals surface area contributed by atoms with Crippen molar-refractivity contribution in [2.75, 3.05) is 21.2 Å². The molecule has 0 fully saturated rings. The third kappa shape index (κ3) is 2.96. The van der Waals surface area contributed by atoms with Crippen LogP contribution in [0, 0.1) is 0 Å². The second kappa shape index (κ2) is 5.34. The maximum absolute atomic E-state index is 11.8. The first-order valence-corrected chi connectivity index (χ1v) is 5.06. The fourth-order valence-corrected chi connectivity index (χ4v) is 1.30. The summed E-state index contributed by atoms with van der Waals surface area (Å²) in [5.41, 5.74) is 0.0968. The number of Topliss-reactive ketones (excluding diaryl/α,β-unsaturated/α-hetero) is 1. The van der Waals surface area contributed by atoms with Gasteiger partial charge >= 0.3 is 0 Å². The lowest BCUT2D eigenvalue weighted by molar-refractivity contribution is -0.127. The second-order valence-corrected chi connectivity index (χ2v) is 3.74. The highest BCUT2D eigenvalue weighted by Crippen LogP contribution is 2.30. The van der Waals surface area contributed by atoms with Gasteiger partial charge in [-0.2, -0.15) is 0 Å². The summed E-state index contributed by atoms with van der Waals surface area (Å²) in [6, 6.07) is 4.59. The van der Waals surface area contributed by atoms with Gasteiger partial charge in [0.1, 0.15) is 0 Å². The highest BCUT2D eigenvalue weighted by Gasteiger charge is 2.18. The standard InChI is InChI=1S/C12H15NO4/c1-13(2)11(15)7-9(14)8-5-4-6-10(17-3)12(8)16/h4-6,16H,7H2,1-3H3. The Bertz CT molecular complexity index is 440. The lowest BCUT2D eigenvalue weighted by atomic mass is 10.1. The number of hydrogen-bond donors (Lipinski definition) is 1. The van der Waals surface area contributed by atoms with E-state index in [1.54, 1.807) is 26.2 Å². The Morgan fingerprint density at radius 3 is 2.53 bits per heavy atom. The SMILES string of the molecule is COc1cccc(C(=O)CC(=O)N(C)C)c1O. The molecule has 0 heterocycles. The van der Waals surface area contributed by atoms with Gasteiger partial charge < -0.3 is 14.7 Å². The summed E-state index contributed by atoms with van der Waals surface area (Å²) in [5.74, 6) is -0.753. The minimum absolute atomic E-state index is 0.0968. The molecule has 0 radical (unpaired) electrons. The molecule has 1 amide bonds. The Morgan fingerprint density at radius 1 is 1.35 bits per heavy atom. The predicted molar refractivity (Wildman–Crippen MR) is 62.3 cm³/mol. The molecule has 0 saturated carbocycles. The predicted octanol–water partition coefficient (Wildman–Crippen LogP) is 1.06. The highest BCUT2D eigenvalue weighted by atomic mass is 16.5. The van der Waals surface area contributed by atoms with Gasteiger partial charge in [-0.05, 0) is 12.1 Å². The summed E-state index contributed by atoms with van der Waals surface area (Å²) in [6.45, 7) is 0. The molecule has 5 nitrogen and oxygen atoms in total. The zero-order valence-corrected chi connectivity index (χ0v) is 10.1. The van der Waals surface area contributed by atoms with E-state index in [9.17, 15) is 14.7 Å². The van der Waals surface area contributed by atoms with E-state index in [0.29, 0.717) is 0 Å². The van der Waals surface area contributed by atoms with Crippen LogP contribution in [0.2, 0.25) is 0 Å². The molecule has 1 N–H and O–H groups in total. The van der Waals surface area contributed by atoms with Crippen molar-refractivity contribution < 1.29 is 19.4 Å². The Labute approximate surface area is 99.6 Å². The molecule has 0 bridgehead atoms. The molecule has 1 aromatic rings. The van der Waals surface area contributed by atoms with E-state index in [0.717, 1.165) is 0 Å². The Morgan fingerprint density at radius 2 is 2.00 bits per heavy atom. The molecule has 17 heavy (non-hydrogen) atoms. The highest BCUT2D eigenvalue weighted by molar-refractivity contribution is 6.09. The number of para-hydroxylation sites is 1. The number of phenolic OH excluding ortho intramolecular Hbond substituents is 1. The molecular formula is C12H15NO4. The van der Waals surface area contributed by atoms with Crippen LogP contribution in [0.3, 0.4) is 0 Å². The molecule has 0 aromatic heterocycles. The lowest BCUT2D eigenvalue weighted by Crippen LogP contribution is -2.24. The average molecular weight is 237 g/mol. The molecule has 1 rings (SSSR count). The third-order valence-electron chi connectivity index (χ3n) is 2.33. The number of hydrogen-bond acceptors (Lipinski definition) is 4. The van der Waals surface area contributed by atoms with Gasteiger partial charge in [-0.15, -0.1) is 0 Å². The molecular weight excluding hydrogens is 222 g/mol. The molecule has 1 aromatic carbocycles. The molecule has 0 atom stereocenters. The van der Waals surface area contributed by atoms with Gasteiger partial charge in [0.15, 0.2) is 17.3 Å². The number of ether oxygens (including phenoxy) is 1. The summed E-state index contributed by atoms with van der Waals surface area (Å²) in [5, 5.41) is 9.74. The molecule has 0 aliphatic rings. The van der Waals surface area contributed by atoms with E-state index in [-0.39, 0.29) is 29.4 Å². The largest absolute Gasteiger partial charge is 0.504 e. The van der Waals surface area contributed by atoms with Crippen molar-refractivity contribution in [3.8, 4) is 11.5 Å². The van der Waals surface area contributed by atoms with Gasteiger partial charge in [0.2, 0.25) is 5.91 Å². The van der Waals surface area contributed by atoms with Gasteiger partial charge in [0, 0.05) is 14.1 Å². The summed E-state index contributed by atoms with van der Waals surface area (Å²) >= 11 is 0. The molecule has 92 valence electrons. The number of carbonyl (C=O) groups is 2. The number of carbonyl (C=O) groups excluding carboxylic acids is 2. The average Bonchev–Trinajstić information content (AvgIpc) is 2.28. The van der Waals surface area contributed by atoms with Crippen LogP contribution in [-0.2, 0) is 4.79 Å². The van der Waals surface area contributed by atoms with Crippen molar-refractivity contribution in [2.24, 2.45) is 0 Å². The van der Waals surface area contributed by atoms with Crippen LogP contribution in [-0.4, -0.2) is 42.9 Å². The fraction of sp³-hybridized carbons (Fsp3) is 0.333. The van der Waals surface area contributed by atoms with Crippen LogP contribution in [0.4, 0.5) is 0 Å². The normalized spacial score (nSPS) is 9.82. The van der Waals surface area contributed by atoms with Gasteiger partial charge in [0.05, 0.1) is 19.1 Å². The first-order chi connectivity index (χ1) is 7.97. The minimum Gasteiger partial charge on any atom is -0.504 e. The topological polar surface area (TPSA) is 66.8 Å². The van der Waals surface area contributed by atoms with Crippen molar-refractivity contribution in [1.82, 2.24) is 4.90 Å². The zero-order chi connectivity index (χ0) is 13.0. The van der Waals surface area contributed by atoms with E-state index in [4.69, 9.17) is 4.74 Å². The number of rotatable bonds is 4. The number of aromatic hydroxyl groups is 1. The molecule has 0 aliphatic carbocycles. The van der Waals surface area contributed by atoms with E-state index in [1.807, 2.05) is 0 Å². The summed E-state index contributed by atoms with van der Waals surface area (Å²) in [4.78, 5) is 24.5. The number of nitrogens with zero attached hydrogens (tertiary/aromatic N) is 1. The lowest BCUT2D eigenvalue weighted by Gasteiger charge is -2.11. The van der Waals surface area contributed by atoms with Crippen molar-refractivity contribution in [2.45, 2.75) is 6.42 Å². The summed E-state index contributed by atoms with van der Waals surface area (Å²) < 4.78 is 4.89. The van der Waals surface area contributed by atoms with Crippen molar-refractivity contribution in [3.05, 3.63) is 23.8 Å². The Balaban J connectivity index is 2.93. The third-order valence-corrected chi connectivity index (χ3v) is 2.33. The van der Waals surface area contributed by atoms with Crippen LogP contribution >= 0.6 is 0 Å². The quantitative estimate of drug-likeness (QED) is 0.628. The molecule has 0 spiro atoms. The van der Waals surface area contributed by atoms with E-state index in [2.05, 4.69) is 0 Å². The van der Waals surface area contributed by atoms with E-state index < -0.39 is 5.78 Å². The molecule has 0 unspecified atom stereocenters. The van der Waals surface area contributed by atoms with E-state index >= 15 is 0 Å². The number of amides is 1. The van der Waals surface area contributed by atoms with E-state index in [1.165, 1.54) is 18.1 Å². The van der Waals surface area contributed by atoms with Crippen LogP contribution < -0.4 is 4.74 Å². The molecule has 0 aliphatic heterocycles. The number of ketones is 1. The maximum Gasteiger partial charge on any atom is 0.229 e. The maximum atomic E-state index is 11.8. The van der Waals surface area contributed by atoms with Crippen LogP contribution in [0.1, 0.15) is 16.8 Å². The summed E-state index contributed by atoms with van der Waals surface area (Å²) in [7, 11) is 4.54. The second-order valence-electron chi connectivity index (χ2n) is 3.74. The van der Waals surface area contributed by atoms with Gasteiger partial charge in [-0.25, -0.2) is 0 Å². The van der Waals surface area contributed by atoms with Crippen LogP contribution in [0.25, 0.3) is 0 Å². The Hall–Kier alpha value is -2.04. The first kappa shape index (κ1) is 13.0. The molecule has 5 heteroatoms. The smallest absolute Gasteiger partial charge is 0.229 e. The number of benzene rings is 1. The Kier molecular flexibility index (Phi) is 4.09. The van der Waals surface area contributed by atoms with Crippen LogP contribution in [0.15, 0.2) is 18.2 Å². The molecule has 0 saturated heterocycles. The first-order valence-electron chi connectivity index (χ1n) is 5.06. The van der Waals surface area contributed by atoms with Gasteiger partial charge in [0.25, 0.3) is 0 Å². The number of methoxy groups -OCH3 is 1. The fourth-order valence-electron chi connectivity index (χ4n) is 1.30. The van der Waals surface area contributed by atoms with Gasteiger partial charge in [-0.1, -0.05) is 6.07 Å². The minimum atomic E-state index is -0.430. The van der Waals surface area contributed by atoms with Crippen molar-refractivity contribution >= 4 is 11.7 Å². The zero-order valence-electron chi connectivity index (χ0n) is 10.1. The van der Waals surface area contributed by atoms with Crippen molar-refractivity contribution in [1.29, 1.82) is 0 Å². The van der Waals surface area contributed by atoms with Crippen LogP contribution in [0.5, 0.6) is 11.5 Å². The van der Waals surface area contributed by atoms with Gasteiger partial charge in [-0.3, -0.25) is 9.59 Å². The number of phenols is 1. The summed E-state index contributed by atoms with van der Waals surface area (Å²) in [6.07, 6.45) is -0.270. The van der Waals surface area contributed by atoms with Crippen molar-refractivity contribution in [3.63, 3.8) is 0 Å². The monoisotopic (exact) mass is 237 g/mol.